The molecule has 23 heavy (non-hydrogen) atoms. The van der Waals surface area contributed by atoms with Crippen LogP contribution in [-0.2, 0) is 4.84 Å². The molecule has 0 aliphatic heterocycles. The van der Waals surface area contributed by atoms with Crippen molar-refractivity contribution in [3.05, 3.63) is 35.4 Å². The fourth-order valence-electron chi connectivity index (χ4n) is 3.55. The van der Waals surface area contributed by atoms with Crippen molar-refractivity contribution in [2.24, 2.45) is 0 Å². The van der Waals surface area contributed by atoms with Crippen molar-refractivity contribution in [1.82, 2.24) is 5.48 Å². The number of benzene rings is 1. The normalized spacial score (nSPS) is 11.6. The van der Waals surface area contributed by atoms with Gasteiger partial charge in [-0.3, -0.25) is 9.63 Å². The first kappa shape index (κ1) is 19.5. The maximum atomic E-state index is 12.1. The molecule has 0 atom stereocenters. The summed E-state index contributed by atoms with van der Waals surface area (Å²) in [4.78, 5) is 16.8. The molecule has 3 nitrogen and oxygen atoms in total. The Kier molecular flexibility index (Phi) is 7.05. The maximum absolute atomic E-state index is 12.1. The molecule has 0 saturated carbocycles. The zero-order chi connectivity index (χ0) is 17.6. The van der Waals surface area contributed by atoms with Crippen LogP contribution in [0, 0.1) is 11.5 Å². The molecule has 1 aromatic rings. The zero-order valence-corrected chi connectivity index (χ0v) is 16.4. The minimum atomic E-state index is -1.81. The minimum absolute atomic E-state index is 0.261. The molecule has 0 radical (unpaired) electrons. The third-order valence-electron chi connectivity index (χ3n) is 4.65. The lowest BCUT2D eigenvalue weighted by molar-refractivity contribution is 0.0537. The Morgan fingerprint density at radius 1 is 1.04 bits per heavy atom. The molecule has 0 heterocycles. The number of carbonyl (C=O) groups is 1. The van der Waals surface area contributed by atoms with E-state index in [9.17, 15) is 4.79 Å². The molecule has 0 fully saturated rings. The first-order valence-corrected chi connectivity index (χ1v) is 10.5. The van der Waals surface area contributed by atoms with Gasteiger partial charge in [0.15, 0.2) is 0 Å². The zero-order valence-electron chi connectivity index (χ0n) is 15.4. The molecule has 1 aromatic carbocycles. The monoisotopic (exact) mass is 331 g/mol. The first-order chi connectivity index (χ1) is 10.8. The van der Waals surface area contributed by atoms with Crippen molar-refractivity contribution >= 4 is 14.0 Å². The topological polar surface area (TPSA) is 38.3 Å². The Morgan fingerprint density at radius 3 is 2.04 bits per heavy atom. The van der Waals surface area contributed by atoms with Crippen molar-refractivity contribution < 1.29 is 9.63 Å². The molecule has 1 rings (SSSR count). The predicted octanol–water partition coefficient (Wildman–Crippen LogP) is 4.55. The third kappa shape index (κ3) is 4.24. The summed E-state index contributed by atoms with van der Waals surface area (Å²) in [5.74, 6) is 3.07. The van der Waals surface area contributed by atoms with E-state index in [1.807, 2.05) is 18.2 Å². The van der Waals surface area contributed by atoms with Gasteiger partial charge in [-0.25, -0.2) is 5.48 Å². The average molecular weight is 332 g/mol. The minimum Gasteiger partial charge on any atom is -0.277 e. The van der Waals surface area contributed by atoms with Gasteiger partial charge < -0.3 is 0 Å². The Bertz CT molecular complexity index is 575. The van der Waals surface area contributed by atoms with Gasteiger partial charge >= 0.3 is 0 Å². The standard InChI is InChI=1S/C19H29NO2Si/c1-14(2)23(15(3)4,16(5)6)13-12-17-10-8-9-11-18(17)19(21)20-22-7/h8-11,14-16H,1-7H3,(H,20,21). The largest absolute Gasteiger partial charge is 0.277 e. The number of rotatable bonds is 5. The molecule has 1 amide bonds. The number of carbonyl (C=O) groups excluding carboxylic acids is 1. The van der Waals surface area contributed by atoms with E-state index in [1.165, 1.54) is 7.11 Å². The molecule has 0 aliphatic rings. The fourth-order valence-corrected chi connectivity index (χ4v) is 8.76. The summed E-state index contributed by atoms with van der Waals surface area (Å²) in [7, 11) is -0.380. The fraction of sp³-hybridized carbons (Fsp3) is 0.526. The summed E-state index contributed by atoms with van der Waals surface area (Å²) < 4.78 is 0. The lowest BCUT2D eigenvalue weighted by Crippen LogP contribution is -2.43. The van der Waals surface area contributed by atoms with Gasteiger partial charge in [0.1, 0.15) is 8.07 Å². The summed E-state index contributed by atoms with van der Waals surface area (Å²) in [5, 5.41) is 0. The van der Waals surface area contributed by atoms with Gasteiger partial charge in [0.05, 0.1) is 12.7 Å². The highest BCUT2D eigenvalue weighted by atomic mass is 28.3. The summed E-state index contributed by atoms with van der Waals surface area (Å²) >= 11 is 0. The summed E-state index contributed by atoms with van der Waals surface area (Å²) in [6.07, 6.45) is 0. The van der Waals surface area contributed by atoms with Crippen LogP contribution in [0.15, 0.2) is 24.3 Å². The van der Waals surface area contributed by atoms with Crippen molar-refractivity contribution in [2.75, 3.05) is 7.11 Å². The number of amides is 1. The second-order valence-corrected chi connectivity index (χ2v) is 12.4. The highest BCUT2D eigenvalue weighted by Gasteiger charge is 2.41. The molecular weight excluding hydrogens is 302 g/mol. The average Bonchev–Trinajstić information content (AvgIpc) is 2.47. The van der Waals surface area contributed by atoms with Crippen molar-refractivity contribution in [3.8, 4) is 11.5 Å². The van der Waals surface area contributed by atoms with E-state index in [4.69, 9.17) is 4.84 Å². The van der Waals surface area contributed by atoms with E-state index in [0.29, 0.717) is 22.2 Å². The lowest BCUT2D eigenvalue weighted by Gasteiger charge is -2.38. The second kappa shape index (κ2) is 8.33. The van der Waals surface area contributed by atoms with Crippen molar-refractivity contribution in [2.45, 2.75) is 58.2 Å². The van der Waals surface area contributed by atoms with Crippen molar-refractivity contribution in [1.29, 1.82) is 0 Å². The Labute approximate surface area is 141 Å². The van der Waals surface area contributed by atoms with Crippen LogP contribution in [0.2, 0.25) is 16.6 Å². The lowest BCUT2D eigenvalue weighted by atomic mass is 10.1. The predicted molar refractivity (Wildman–Crippen MR) is 98.8 cm³/mol. The van der Waals surface area contributed by atoms with Gasteiger partial charge in [0.2, 0.25) is 0 Å². The second-order valence-electron chi connectivity index (χ2n) is 6.83. The summed E-state index contributed by atoms with van der Waals surface area (Å²) in [6, 6.07) is 7.43. The van der Waals surface area contributed by atoms with E-state index < -0.39 is 8.07 Å². The van der Waals surface area contributed by atoms with Gasteiger partial charge in [-0.05, 0) is 28.8 Å². The van der Waals surface area contributed by atoms with E-state index in [2.05, 4.69) is 58.5 Å². The molecule has 126 valence electrons. The molecule has 0 spiro atoms. The highest BCUT2D eigenvalue weighted by Crippen LogP contribution is 2.40. The van der Waals surface area contributed by atoms with Crippen LogP contribution in [0.5, 0.6) is 0 Å². The molecule has 1 N–H and O–H groups in total. The Morgan fingerprint density at radius 2 is 1.57 bits per heavy atom. The van der Waals surface area contributed by atoms with Crippen LogP contribution in [0.25, 0.3) is 0 Å². The van der Waals surface area contributed by atoms with Crippen LogP contribution < -0.4 is 5.48 Å². The maximum Gasteiger partial charge on any atom is 0.276 e. The first-order valence-electron chi connectivity index (χ1n) is 8.22. The molecule has 0 aromatic heterocycles. The Balaban J connectivity index is 3.36. The van der Waals surface area contributed by atoms with Gasteiger partial charge in [0.25, 0.3) is 5.91 Å². The van der Waals surface area contributed by atoms with E-state index in [0.717, 1.165) is 5.56 Å². The van der Waals surface area contributed by atoms with Crippen LogP contribution in [0.4, 0.5) is 0 Å². The van der Waals surface area contributed by atoms with E-state index in [1.54, 1.807) is 6.07 Å². The van der Waals surface area contributed by atoms with Crippen LogP contribution in [0.3, 0.4) is 0 Å². The quantitative estimate of drug-likeness (QED) is 0.488. The third-order valence-corrected chi connectivity index (χ3v) is 10.9. The van der Waals surface area contributed by atoms with Crippen LogP contribution in [0.1, 0.15) is 57.5 Å². The van der Waals surface area contributed by atoms with Gasteiger partial charge in [0, 0.05) is 5.56 Å². The van der Waals surface area contributed by atoms with Crippen LogP contribution >= 0.6 is 0 Å². The highest BCUT2D eigenvalue weighted by molar-refractivity contribution is 6.90. The number of hydrogen-bond donors (Lipinski definition) is 1. The molecule has 0 unspecified atom stereocenters. The van der Waals surface area contributed by atoms with Gasteiger partial charge in [-0.2, -0.15) is 0 Å². The van der Waals surface area contributed by atoms with E-state index in [-0.39, 0.29) is 5.91 Å². The van der Waals surface area contributed by atoms with Crippen LogP contribution in [-0.4, -0.2) is 21.1 Å². The summed E-state index contributed by atoms with van der Waals surface area (Å²) in [5.41, 5.74) is 9.04. The van der Waals surface area contributed by atoms with Gasteiger partial charge in [-0.15, -0.1) is 5.54 Å². The smallest absolute Gasteiger partial charge is 0.276 e. The SMILES string of the molecule is CONC(=O)c1ccccc1C#C[Si](C(C)C)(C(C)C)C(C)C. The number of hydrogen-bond acceptors (Lipinski definition) is 2. The van der Waals surface area contributed by atoms with Crippen molar-refractivity contribution in [3.63, 3.8) is 0 Å². The number of hydroxylamine groups is 1. The molecule has 0 saturated heterocycles. The Hall–Kier alpha value is -1.57. The molecule has 4 heteroatoms. The van der Waals surface area contributed by atoms with E-state index >= 15 is 0 Å². The number of nitrogens with one attached hydrogen (secondary N) is 1. The molecule has 0 aliphatic carbocycles. The summed E-state index contributed by atoms with van der Waals surface area (Å²) in [6.45, 7) is 13.7. The molecule has 0 bridgehead atoms. The van der Waals surface area contributed by atoms with Gasteiger partial charge in [-0.1, -0.05) is 59.6 Å². The molecular formula is C19H29NO2Si.